The lowest BCUT2D eigenvalue weighted by molar-refractivity contribution is -0.139. The van der Waals surface area contributed by atoms with Gasteiger partial charge in [-0.05, 0) is 32.6 Å². The number of amides is 3. The van der Waals surface area contributed by atoms with Gasteiger partial charge in [0.15, 0.2) is 5.78 Å². The molecule has 1 aliphatic carbocycles. The Bertz CT molecular complexity index is 726. The summed E-state index contributed by atoms with van der Waals surface area (Å²) in [4.78, 5) is 40.9. The molecule has 1 aliphatic heterocycles. The highest BCUT2D eigenvalue weighted by atomic mass is 16.2. The third-order valence-corrected chi connectivity index (χ3v) is 5.23. The van der Waals surface area contributed by atoms with Crippen molar-refractivity contribution in [2.75, 3.05) is 20.1 Å². The maximum Gasteiger partial charge on any atom is 0.326 e. The summed E-state index contributed by atoms with van der Waals surface area (Å²) < 4.78 is 0. The lowest BCUT2D eigenvalue weighted by Crippen LogP contribution is -2.61. The lowest BCUT2D eigenvalue weighted by Gasteiger charge is -2.44. The Labute approximate surface area is 148 Å². The van der Waals surface area contributed by atoms with Crippen molar-refractivity contribution >= 4 is 17.7 Å². The molecule has 1 atom stereocenters. The van der Waals surface area contributed by atoms with Crippen LogP contribution in [0.1, 0.15) is 43.0 Å². The summed E-state index contributed by atoms with van der Waals surface area (Å²) in [6, 6.07) is 8.38. The first-order valence-corrected chi connectivity index (χ1v) is 8.78. The molecular formula is C20H24N2O3. The van der Waals surface area contributed by atoms with Crippen molar-refractivity contribution in [3.8, 4) is 0 Å². The third-order valence-electron chi connectivity index (χ3n) is 5.23. The number of hydrogen-bond acceptors (Lipinski definition) is 3. The predicted octanol–water partition coefficient (Wildman–Crippen LogP) is 3.27. The quantitative estimate of drug-likeness (QED) is 0.624. The highest BCUT2D eigenvalue weighted by Gasteiger charge is 2.48. The van der Waals surface area contributed by atoms with Crippen LogP contribution in [0.2, 0.25) is 0 Å². The van der Waals surface area contributed by atoms with Gasteiger partial charge in [0.25, 0.3) is 0 Å². The molecule has 3 rings (SSSR count). The van der Waals surface area contributed by atoms with Crippen LogP contribution in [-0.4, -0.2) is 47.7 Å². The first kappa shape index (κ1) is 17.4. The van der Waals surface area contributed by atoms with Crippen LogP contribution in [0.5, 0.6) is 0 Å². The number of carbonyl (C=O) groups is 3. The summed E-state index contributed by atoms with van der Waals surface area (Å²) in [6.07, 6.45) is 6.19. The third kappa shape index (κ3) is 3.23. The van der Waals surface area contributed by atoms with Crippen LogP contribution in [0.4, 0.5) is 4.79 Å². The number of allylic oxidation sites excluding steroid dienone is 1. The molecule has 1 unspecified atom stereocenters. The molecule has 0 radical (unpaired) electrons. The molecule has 1 saturated heterocycles. The number of imide groups is 1. The molecule has 0 N–H and O–H groups in total. The second-order valence-corrected chi connectivity index (χ2v) is 7.13. The van der Waals surface area contributed by atoms with E-state index in [0.29, 0.717) is 12.1 Å². The Morgan fingerprint density at radius 3 is 2.52 bits per heavy atom. The second-order valence-electron chi connectivity index (χ2n) is 7.13. The van der Waals surface area contributed by atoms with Crippen molar-refractivity contribution in [1.82, 2.24) is 9.80 Å². The second kappa shape index (κ2) is 6.82. The fourth-order valence-electron chi connectivity index (χ4n) is 3.78. The lowest BCUT2D eigenvalue weighted by atomic mass is 9.74. The number of benzene rings is 1. The van der Waals surface area contributed by atoms with E-state index in [2.05, 4.69) is 6.08 Å². The van der Waals surface area contributed by atoms with E-state index in [1.54, 1.807) is 36.2 Å². The zero-order valence-corrected chi connectivity index (χ0v) is 14.8. The van der Waals surface area contributed by atoms with Crippen LogP contribution in [0.3, 0.4) is 0 Å². The van der Waals surface area contributed by atoms with Gasteiger partial charge in [-0.1, -0.05) is 42.0 Å². The monoisotopic (exact) mass is 340 g/mol. The van der Waals surface area contributed by atoms with Gasteiger partial charge in [0.05, 0.1) is 12.0 Å². The maximum absolute atomic E-state index is 13.2. The molecule has 1 aromatic rings. The van der Waals surface area contributed by atoms with E-state index in [-0.39, 0.29) is 18.2 Å². The number of carbonyl (C=O) groups excluding carboxylic acids is 3. The van der Waals surface area contributed by atoms with Crippen molar-refractivity contribution in [2.24, 2.45) is 5.41 Å². The van der Waals surface area contributed by atoms with Gasteiger partial charge in [-0.15, -0.1) is 0 Å². The SMILES string of the molecule is CN1CC(C)(C2=CCCCC2)C(=O)N(CC(=O)c2ccccc2)C1=O. The van der Waals surface area contributed by atoms with Crippen LogP contribution in [0.25, 0.3) is 0 Å². The number of nitrogens with zero attached hydrogens (tertiary/aromatic N) is 2. The van der Waals surface area contributed by atoms with E-state index in [4.69, 9.17) is 0 Å². The molecule has 0 saturated carbocycles. The van der Waals surface area contributed by atoms with Gasteiger partial charge in [0.2, 0.25) is 5.91 Å². The van der Waals surface area contributed by atoms with Crippen molar-refractivity contribution < 1.29 is 14.4 Å². The molecular weight excluding hydrogens is 316 g/mol. The van der Waals surface area contributed by atoms with Crippen LogP contribution < -0.4 is 0 Å². The molecule has 1 aromatic carbocycles. The van der Waals surface area contributed by atoms with Gasteiger partial charge < -0.3 is 4.90 Å². The predicted molar refractivity (Wildman–Crippen MR) is 95.2 cm³/mol. The molecule has 1 heterocycles. The topological polar surface area (TPSA) is 57.7 Å². The van der Waals surface area contributed by atoms with Gasteiger partial charge >= 0.3 is 6.03 Å². The largest absolute Gasteiger partial charge is 0.326 e. The normalized spacial score (nSPS) is 24.3. The standard InChI is InChI=1S/C20H24N2O3/c1-20(16-11-7-4-8-12-16)14-21(2)19(25)22(18(20)24)13-17(23)15-9-5-3-6-10-15/h3,5-6,9-11H,4,7-8,12-14H2,1-2H3. The van der Waals surface area contributed by atoms with E-state index in [9.17, 15) is 14.4 Å². The average Bonchev–Trinajstić information content (AvgIpc) is 2.65. The highest BCUT2D eigenvalue weighted by Crippen LogP contribution is 2.39. The minimum Gasteiger partial charge on any atom is -0.326 e. The summed E-state index contributed by atoms with van der Waals surface area (Å²) in [5.41, 5.74) is 0.871. The Hall–Kier alpha value is -2.43. The van der Waals surface area contributed by atoms with Gasteiger partial charge in [-0.25, -0.2) is 4.79 Å². The van der Waals surface area contributed by atoms with Crippen LogP contribution in [0.15, 0.2) is 42.0 Å². The molecule has 3 amide bonds. The summed E-state index contributed by atoms with van der Waals surface area (Å²) >= 11 is 0. The molecule has 0 spiro atoms. The number of urea groups is 1. The van der Waals surface area contributed by atoms with E-state index in [0.717, 1.165) is 36.2 Å². The van der Waals surface area contributed by atoms with Gasteiger partial charge in [-0.2, -0.15) is 0 Å². The molecule has 1 fully saturated rings. The highest BCUT2D eigenvalue weighted by molar-refractivity contribution is 6.07. The first-order chi connectivity index (χ1) is 11.9. The van der Waals surface area contributed by atoms with Gasteiger partial charge in [0.1, 0.15) is 0 Å². The van der Waals surface area contributed by atoms with E-state index in [1.165, 1.54) is 0 Å². The van der Waals surface area contributed by atoms with Crippen LogP contribution in [0, 0.1) is 5.41 Å². The molecule has 0 bridgehead atoms. The summed E-state index contributed by atoms with van der Waals surface area (Å²) in [7, 11) is 1.69. The van der Waals surface area contributed by atoms with E-state index >= 15 is 0 Å². The van der Waals surface area contributed by atoms with Crippen LogP contribution >= 0.6 is 0 Å². The summed E-state index contributed by atoms with van der Waals surface area (Å²) in [5.74, 6) is -0.481. The van der Waals surface area contributed by atoms with Crippen molar-refractivity contribution in [1.29, 1.82) is 0 Å². The minimum absolute atomic E-state index is 0.213. The zero-order valence-electron chi connectivity index (χ0n) is 14.8. The summed E-state index contributed by atoms with van der Waals surface area (Å²) in [5, 5.41) is 0. The fourth-order valence-corrected chi connectivity index (χ4v) is 3.78. The van der Waals surface area contributed by atoms with Crippen molar-refractivity contribution in [3.63, 3.8) is 0 Å². The van der Waals surface area contributed by atoms with E-state index in [1.807, 2.05) is 13.0 Å². The molecule has 25 heavy (non-hydrogen) atoms. The fraction of sp³-hybridized carbons (Fsp3) is 0.450. The van der Waals surface area contributed by atoms with Crippen LogP contribution in [-0.2, 0) is 4.79 Å². The molecule has 132 valence electrons. The number of ketones is 1. The Kier molecular flexibility index (Phi) is 4.75. The average molecular weight is 340 g/mol. The minimum atomic E-state index is -0.736. The van der Waals surface area contributed by atoms with Gasteiger partial charge in [-0.3, -0.25) is 14.5 Å². The number of rotatable bonds is 4. The Morgan fingerprint density at radius 2 is 1.88 bits per heavy atom. The van der Waals surface area contributed by atoms with Crippen molar-refractivity contribution in [3.05, 3.63) is 47.5 Å². The Morgan fingerprint density at radius 1 is 1.16 bits per heavy atom. The number of Topliss-reactive ketones (excluding diaryl/α,β-unsaturated/α-hetero) is 1. The molecule has 5 nitrogen and oxygen atoms in total. The molecule has 5 heteroatoms. The smallest absolute Gasteiger partial charge is 0.326 e. The molecule has 2 aliphatic rings. The summed E-state index contributed by atoms with van der Waals surface area (Å²) in [6.45, 7) is 2.05. The Balaban J connectivity index is 1.87. The van der Waals surface area contributed by atoms with Crippen molar-refractivity contribution in [2.45, 2.75) is 32.6 Å². The first-order valence-electron chi connectivity index (χ1n) is 8.78. The van der Waals surface area contributed by atoms with E-state index < -0.39 is 11.4 Å². The maximum atomic E-state index is 13.2. The zero-order chi connectivity index (χ0) is 18.0. The number of hydrogen-bond donors (Lipinski definition) is 0. The molecule has 0 aromatic heterocycles. The van der Waals surface area contributed by atoms with Gasteiger partial charge in [0, 0.05) is 19.2 Å².